The zero-order valence-corrected chi connectivity index (χ0v) is 14.2. The molecule has 2 heterocycles. The second-order valence-corrected chi connectivity index (χ2v) is 6.57. The minimum Gasteiger partial charge on any atom is -0.381 e. The van der Waals surface area contributed by atoms with Gasteiger partial charge in [-0.15, -0.1) is 0 Å². The molecule has 1 saturated heterocycles. The van der Waals surface area contributed by atoms with Crippen molar-refractivity contribution < 1.29 is 9.47 Å². The molecule has 4 heteroatoms. The number of rotatable bonds is 9. The van der Waals surface area contributed by atoms with Gasteiger partial charge in [0.1, 0.15) is 0 Å². The molecule has 1 N–H and O–H groups in total. The molecule has 0 amide bonds. The molecule has 1 fully saturated rings. The molecular formula is C17H29NO2S. The zero-order chi connectivity index (χ0) is 15.0. The number of hydrogen-bond donors (Lipinski definition) is 1. The van der Waals surface area contributed by atoms with Crippen molar-refractivity contribution in [3.63, 3.8) is 0 Å². The first kappa shape index (κ1) is 16.9. The monoisotopic (exact) mass is 311 g/mol. The van der Waals surface area contributed by atoms with Gasteiger partial charge in [0.15, 0.2) is 0 Å². The number of thiophene rings is 1. The minimum absolute atomic E-state index is 0.0435. The summed E-state index contributed by atoms with van der Waals surface area (Å²) >= 11 is 1.78. The van der Waals surface area contributed by atoms with Crippen molar-refractivity contribution >= 4 is 11.3 Å². The number of hydrogen-bond acceptors (Lipinski definition) is 4. The second kappa shape index (κ2) is 8.89. The Morgan fingerprint density at radius 2 is 2.19 bits per heavy atom. The van der Waals surface area contributed by atoms with Gasteiger partial charge < -0.3 is 14.8 Å². The van der Waals surface area contributed by atoms with E-state index in [0.717, 1.165) is 58.5 Å². The van der Waals surface area contributed by atoms with Crippen LogP contribution in [0, 0.1) is 0 Å². The lowest BCUT2D eigenvalue weighted by Crippen LogP contribution is -2.55. The Bertz CT molecular complexity index is 369. The summed E-state index contributed by atoms with van der Waals surface area (Å²) in [6, 6.07) is 2.65. The lowest BCUT2D eigenvalue weighted by atomic mass is 9.83. The van der Waals surface area contributed by atoms with Crippen LogP contribution in [0.2, 0.25) is 0 Å². The summed E-state index contributed by atoms with van der Waals surface area (Å²) in [5.74, 6) is 0. The van der Waals surface area contributed by atoms with Gasteiger partial charge in [0.05, 0.1) is 5.60 Å². The van der Waals surface area contributed by atoms with E-state index < -0.39 is 0 Å². The van der Waals surface area contributed by atoms with Gasteiger partial charge >= 0.3 is 0 Å². The van der Waals surface area contributed by atoms with E-state index in [1.807, 2.05) is 0 Å². The van der Waals surface area contributed by atoms with E-state index in [9.17, 15) is 0 Å². The van der Waals surface area contributed by atoms with Crippen molar-refractivity contribution in [2.24, 2.45) is 0 Å². The highest BCUT2D eigenvalue weighted by molar-refractivity contribution is 7.07. The van der Waals surface area contributed by atoms with Crippen LogP contribution >= 0.6 is 11.3 Å². The topological polar surface area (TPSA) is 30.5 Å². The smallest absolute Gasteiger partial charge is 0.0878 e. The predicted molar refractivity (Wildman–Crippen MR) is 89.1 cm³/mol. The largest absolute Gasteiger partial charge is 0.381 e. The van der Waals surface area contributed by atoms with Crippen LogP contribution in [0.4, 0.5) is 0 Å². The van der Waals surface area contributed by atoms with Crippen LogP contribution < -0.4 is 5.32 Å². The van der Waals surface area contributed by atoms with E-state index in [2.05, 4.69) is 36.0 Å². The molecule has 1 atom stereocenters. The summed E-state index contributed by atoms with van der Waals surface area (Å²) in [5, 5.41) is 8.17. The average molecular weight is 311 g/mol. The molecular weight excluding hydrogens is 282 g/mol. The lowest BCUT2D eigenvalue weighted by molar-refractivity contribution is -0.127. The molecule has 0 spiro atoms. The summed E-state index contributed by atoms with van der Waals surface area (Å²) < 4.78 is 11.8. The SMILES string of the molecule is CCCNC(CCc1ccsc1)C1(OCC)CCOCC1. The fourth-order valence-corrected chi connectivity index (χ4v) is 3.92. The molecule has 0 saturated carbocycles. The summed E-state index contributed by atoms with van der Waals surface area (Å²) in [4.78, 5) is 0. The highest BCUT2D eigenvalue weighted by Gasteiger charge is 2.40. The third-order valence-corrected chi connectivity index (χ3v) is 5.08. The molecule has 0 aromatic carbocycles. The fourth-order valence-electron chi connectivity index (χ4n) is 3.21. The van der Waals surface area contributed by atoms with Gasteiger partial charge in [0.2, 0.25) is 0 Å². The third kappa shape index (κ3) is 4.78. The van der Waals surface area contributed by atoms with Crippen LogP contribution in [0.5, 0.6) is 0 Å². The predicted octanol–water partition coefficient (Wildman–Crippen LogP) is 3.63. The molecule has 1 aromatic rings. The average Bonchev–Trinajstić information content (AvgIpc) is 3.02. The number of aryl methyl sites for hydroxylation is 1. The van der Waals surface area contributed by atoms with E-state index in [0.29, 0.717) is 6.04 Å². The molecule has 120 valence electrons. The third-order valence-electron chi connectivity index (χ3n) is 4.35. The van der Waals surface area contributed by atoms with E-state index in [-0.39, 0.29) is 5.60 Å². The summed E-state index contributed by atoms with van der Waals surface area (Å²) in [6.45, 7) is 7.81. The summed E-state index contributed by atoms with van der Waals surface area (Å²) in [5.41, 5.74) is 1.40. The maximum absolute atomic E-state index is 6.26. The van der Waals surface area contributed by atoms with Gasteiger partial charge in [0, 0.05) is 38.7 Å². The molecule has 0 radical (unpaired) electrons. The summed E-state index contributed by atoms with van der Waals surface area (Å²) in [7, 11) is 0. The van der Waals surface area contributed by atoms with E-state index in [1.54, 1.807) is 11.3 Å². The van der Waals surface area contributed by atoms with Gasteiger partial charge in [-0.05, 0) is 55.1 Å². The van der Waals surface area contributed by atoms with Crippen molar-refractivity contribution in [3.05, 3.63) is 22.4 Å². The van der Waals surface area contributed by atoms with E-state index >= 15 is 0 Å². The van der Waals surface area contributed by atoms with Crippen molar-refractivity contribution in [2.45, 2.75) is 57.6 Å². The Labute approximate surface area is 133 Å². The molecule has 0 aliphatic carbocycles. The van der Waals surface area contributed by atoms with Gasteiger partial charge in [-0.25, -0.2) is 0 Å². The maximum atomic E-state index is 6.26. The van der Waals surface area contributed by atoms with Crippen molar-refractivity contribution in [1.82, 2.24) is 5.32 Å². The van der Waals surface area contributed by atoms with E-state index in [4.69, 9.17) is 9.47 Å². The van der Waals surface area contributed by atoms with Gasteiger partial charge in [-0.2, -0.15) is 11.3 Å². The van der Waals surface area contributed by atoms with Crippen LogP contribution in [0.25, 0.3) is 0 Å². The Kier molecular flexibility index (Phi) is 7.17. The molecule has 1 aliphatic heterocycles. The standard InChI is InChI=1S/C17H29NO2S/c1-3-10-18-16(6-5-15-7-13-21-14-15)17(20-4-2)8-11-19-12-9-17/h7,13-14,16,18H,3-6,8-12H2,1-2H3. The van der Waals surface area contributed by atoms with Crippen LogP contribution in [0.3, 0.4) is 0 Å². The Hall–Kier alpha value is -0.420. The highest BCUT2D eigenvalue weighted by Crippen LogP contribution is 2.31. The second-order valence-electron chi connectivity index (χ2n) is 5.79. The van der Waals surface area contributed by atoms with Crippen LogP contribution in [-0.2, 0) is 15.9 Å². The molecule has 1 aromatic heterocycles. The molecule has 1 aliphatic rings. The Morgan fingerprint density at radius 1 is 1.38 bits per heavy atom. The molecule has 0 bridgehead atoms. The highest BCUT2D eigenvalue weighted by atomic mass is 32.1. The Morgan fingerprint density at radius 3 is 2.81 bits per heavy atom. The summed E-state index contributed by atoms with van der Waals surface area (Å²) in [6.07, 6.45) is 5.43. The first-order valence-electron chi connectivity index (χ1n) is 8.27. The van der Waals surface area contributed by atoms with E-state index in [1.165, 1.54) is 5.56 Å². The molecule has 21 heavy (non-hydrogen) atoms. The Balaban J connectivity index is 2.03. The van der Waals surface area contributed by atoms with Crippen molar-refractivity contribution in [1.29, 1.82) is 0 Å². The minimum atomic E-state index is -0.0435. The normalized spacial score (nSPS) is 19.5. The van der Waals surface area contributed by atoms with Gasteiger partial charge in [-0.1, -0.05) is 6.92 Å². The lowest BCUT2D eigenvalue weighted by Gasteiger charge is -2.43. The molecule has 3 nitrogen and oxygen atoms in total. The number of nitrogens with one attached hydrogen (secondary N) is 1. The van der Waals surface area contributed by atoms with Crippen LogP contribution in [0.1, 0.15) is 45.1 Å². The molecule has 2 rings (SSSR count). The van der Waals surface area contributed by atoms with Gasteiger partial charge in [0.25, 0.3) is 0 Å². The van der Waals surface area contributed by atoms with Crippen LogP contribution in [-0.4, -0.2) is 38.0 Å². The first-order valence-corrected chi connectivity index (χ1v) is 9.21. The van der Waals surface area contributed by atoms with Crippen molar-refractivity contribution in [3.8, 4) is 0 Å². The number of ether oxygens (including phenoxy) is 2. The zero-order valence-electron chi connectivity index (χ0n) is 13.4. The maximum Gasteiger partial charge on any atom is 0.0878 e. The fraction of sp³-hybridized carbons (Fsp3) is 0.765. The quantitative estimate of drug-likeness (QED) is 0.755. The molecule has 1 unspecified atom stereocenters. The van der Waals surface area contributed by atoms with Crippen molar-refractivity contribution in [2.75, 3.05) is 26.4 Å². The van der Waals surface area contributed by atoms with Crippen LogP contribution in [0.15, 0.2) is 16.8 Å². The first-order chi connectivity index (χ1) is 10.3. The van der Waals surface area contributed by atoms with Gasteiger partial charge in [-0.3, -0.25) is 0 Å².